The monoisotopic (exact) mass is 456 g/mol. The summed E-state index contributed by atoms with van der Waals surface area (Å²) < 4.78 is 12.8. The maximum Gasteiger partial charge on any atom is 0.338 e. The molecule has 4 aromatic rings. The molecule has 2 aromatic carbocycles. The molecule has 0 N–H and O–H groups in total. The van der Waals surface area contributed by atoms with Gasteiger partial charge in [0.2, 0.25) is 5.82 Å². The number of rotatable bonds is 6. The second-order valence-corrected chi connectivity index (χ2v) is 9.48. The van der Waals surface area contributed by atoms with E-state index in [1.54, 1.807) is 31.2 Å². The van der Waals surface area contributed by atoms with Gasteiger partial charge in [0, 0.05) is 16.8 Å². The largest absolute Gasteiger partial charge is 0.462 e. The lowest BCUT2D eigenvalue weighted by molar-refractivity contribution is 0.0526. The normalized spacial score (nSPS) is 14.6. The average Bonchev–Trinajstić information content (AvgIpc) is 3.45. The summed E-state index contributed by atoms with van der Waals surface area (Å²) >= 11 is 0. The quantitative estimate of drug-likeness (QED) is 0.364. The number of esters is 1. The predicted octanol–water partition coefficient (Wildman–Crippen LogP) is 5.34. The van der Waals surface area contributed by atoms with Crippen molar-refractivity contribution < 1.29 is 14.1 Å². The van der Waals surface area contributed by atoms with Crippen molar-refractivity contribution in [2.45, 2.75) is 46.6 Å². The summed E-state index contributed by atoms with van der Waals surface area (Å²) in [6.45, 7) is 7.44. The Balaban J connectivity index is 1.47. The molecular weight excluding hydrogens is 428 g/mol. The molecule has 0 saturated heterocycles. The highest BCUT2D eigenvalue weighted by molar-refractivity contribution is 5.89. The van der Waals surface area contributed by atoms with Crippen molar-refractivity contribution in [1.29, 1.82) is 0 Å². The molecule has 1 aliphatic carbocycles. The highest BCUT2D eigenvalue weighted by atomic mass is 16.5. The zero-order valence-corrected chi connectivity index (χ0v) is 19.7. The van der Waals surface area contributed by atoms with Crippen molar-refractivity contribution in [3.8, 4) is 23.0 Å². The van der Waals surface area contributed by atoms with Gasteiger partial charge < -0.3 is 9.26 Å². The maximum atomic E-state index is 11.9. The Morgan fingerprint density at radius 2 is 1.88 bits per heavy atom. The minimum Gasteiger partial charge on any atom is -0.462 e. The first kappa shape index (κ1) is 22.1. The fourth-order valence-electron chi connectivity index (χ4n) is 4.47. The molecule has 2 aromatic heterocycles. The summed E-state index contributed by atoms with van der Waals surface area (Å²) in [6, 6.07) is 17.4. The molecule has 34 heavy (non-hydrogen) atoms. The van der Waals surface area contributed by atoms with Crippen LogP contribution in [0.3, 0.4) is 0 Å². The second kappa shape index (κ2) is 8.89. The molecule has 0 saturated carbocycles. The van der Waals surface area contributed by atoms with Crippen LogP contribution in [0.2, 0.25) is 0 Å². The van der Waals surface area contributed by atoms with Crippen LogP contribution >= 0.6 is 0 Å². The number of benzene rings is 2. The van der Waals surface area contributed by atoms with Crippen molar-refractivity contribution in [3.63, 3.8) is 0 Å². The molecule has 0 unspecified atom stereocenters. The Kier molecular flexibility index (Phi) is 5.77. The van der Waals surface area contributed by atoms with Gasteiger partial charge in [-0.15, -0.1) is 0 Å². The fraction of sp³-hybridized carbons (Fsp3) is 0.333. The molecule has 0 radical (unpaired) electrons. The summed E-state index contributed by atoms with van der Waals surface area (Å²) in [5.41, 5.74) is 5.89. The molecule has 0 spiro atoms. The molecule has 5 rings (SSSR count). The molecule has 0 amide bonds. The zero-order chi connectivity index (χ0) is 23.7. The third kappa shape index (κ3) is 4.38. The SMILES string of the molecule is CCOC(=O)c1ccc(-c2noc(-c3nn(Cc4ccccc4)c4c3CCC(C)(C)C4)n2)cc1. The first-order chi connectivity index (χ1) is 16.4. The molecule has 0 bridgehead atoms. The third-order valence-corrected chi connectivity index (χ3v) is 6.32. The Labute approximate surface area is 198 Å². The Morgan fingerprint density at radius 1 is 1.12 bits per heavy atom. The zero-order valence-electron chi connectivity index (χ0n) is 19.7. The van der Waals surface area contributed by atoms with E-state index in [0.29, 0.717) is 30.4 Å². The summed E-state index contributed by atoms with van der Waals surface area (Å²) in [6.07, 6.45) is 2.97. The fourth-order valence-corrected chi connectivity index (χ4v) is 4.47. The van der Waals surface area contributed by atoms with Gasteiger partial charge in [0.05, 0.1) is 18.7 Å². The Bertz CT molecular complexity index is 1300. The molecule has 0 atom stereocenters. The molecule has 7 heteroatoms. The van der Waals surface area contributed by atoms with Crippen molar-refractivity contribution >= 4 is 5.97 Å². The van der Waals surface area contributed by atoms with Crippen LogP contribution in [0.15, 0.2) is 59.1 Å². The number of carbonyl (C=O) groups excluding carboxylic acids is 1. The van der Waals surface area contributed by atoms with Crippen molar-refractivity contribution in [2.75, 3.05) is 6.61 Å². The van der Waals surface area contributed by atoms with E-state index < -0.39 is 0 Å². The van der Waals surface area contributed by atoms with E-state index in [2.05, 4.69) is 40.8 Å². The van der Waals surface area contributed by atoms with Gasteiger partial charge in [-0.05, 0) is 49.3 Å². The minimum absolute atomic E-state index is 0.222. The molecule has 7 nitrogen and oxygen atoms in total. The van der Waals surface area contributed by atoms with Gasteiger partial charge in [-0.3, -0.25) is 4.68 Å². The molecule has 0 aliphatic heterocycles. The Morgan fingerprint density at radius 3 is 2.62 bits per heavy atom. The number of ether oxygens (including phenoxy) is 1. The first-order valence-electron chi connectivity index (χ1n) is 11.7. The topological polar surface area (TPSA) is 83.0 Å². The lowest BCUT2D eigenvalue weighted by atomic mass is 9.76. The molecule has 0 fully saturated rings. The average molecular weight is 457 g/mol. The van der Waals surface area contributed by atoms with Crippen LogP contribution in [0.25, 0.3) is 23.0 Å². The van der Waals surface area contributed by atoms with Crippen molar-refractivity contribution in [2.24, 2.45) is 5.41 Å². The summed E-state index contributed by atoms with van der Waals surface area (Å²) in [5.74, 6) is 0.543. The standard InChI is InChI=1S/C27H28N4O3/c1-4-33-26(32)20-12-10-19(11-13-20)24-28-25(34-30-24)23-21-14-15-27(2,3)16-22(21)31(29-23)17-18-8-6-5-7-9-18/h5-13H,4,14-17H2,1-3H3. The van der Waals surface area contributed by atoms with Crippen LogP contribution < -0.4 is 0 Å². The number of hydrogen-bond acceptors (Lipinski definition) is 6. The number of nitrogens with zero attached hydrogens (tertiary/aromatic N) is 4. The minimum atomic E-state index is -0.346. The van der Waals surface area contributed by atoms with E-state index in [1.165, 1.54) is 16.8 Å². The van der Waals surface area contributed by atoms with Crippen LogP contribution in [-0.2, 0) is 24.1 Å². The number of aromatic nitrogens is 4. The van der Waals surface area contributed by atoms with Gasteiger partial charge in [0.25, 0.3) is 5.89 Å². The van der Waals surface area contributed by atoms with Crippen molar-refractivity contribution in [3.05, 3.63) is 77.0 Å². The van der Waals surface area contributed by atoms with Crippen molar-refractivity contribution in [1.82, 2.24) is 19.9 Å². The summed E-state index contributed by atoms with van der Waals surface area (Å²) in [4.78, 5) is 16.6. The molecule has 174 valence electrons. The number of hydrogen-bond donors (Lipinski definition) is 0. The molecule has 1 aliphatic rings. The molecular formula is C27H28N4O3. The summed E-state index contributed by atoms with van der Waals surface area (Å²) in [7, 11) is 0. The van der Waals surface area contributed by atoms with E-state index in [-0.39, 0.29) is 11.4 Å². The van der Waals surface area contributed by atoms with Gasteiger partial charge in [0.1, 0.15) is 0 Å². The van der Waals surface area contributed by atoms with Gasteiger partial charge >= 0.3 is 5.97 Å². The second-order valence-electron chi connectivity index (χ2n) is 9.48. The van der Waals surface area contributed by atoms with E-state index in [0.717, 1.165) is 30.5 Å². The highest BCUT2D eigenvalue weighted by Crippen LogP contribution is 2.39. The number of fused-ring (bicyclic) bond motifs is 1. The van der Waals surface area contributed by atoms with Crippen LogP contribution in [-0.4, -0.2) is 32.5 Å². The highest BCUT2D eigenvalue weighted by Gasteiger charge is 2.33. The van der Waals surface area contributed by atoms with Crippen LogP contribution in [0.1, 0.15) is 54.4 Å². The smallest absolute Gasteiger partial charge is 0.338 e. The third-order valence-electron chi connectivity index (χ3n) is 6.32. The van der Waals surface area contributed by atoms with Gasteiger partial charge in [-0.1, -0.05) is 61.5 Å². The number of carbonyl (C=O) groups is 1. The molecule has 2 heterocycles. The van der Waals surface area contributed by atoms with Crippen LogP contribution in [0.5, 0.6) is 0 Å². The Hall–Kier alpha value is -3.74. The predicted molar refractivity (Wildman–Crippen MR) is 128 cm³/mol. The van der Waals surface area contributed by atoms with Gasteiger partial charge in [0.15, 0.2) is 5.69 Å². The summed E-state index contributed by atoms with van der Waals surface area (Å²) in [5, 5.41) is 9.14. The van der Waals surface area contributed by atoms with Crippen LogP contribution in [0, 0.1) is 5.41 Å². The van der Waals surface area contributed by atoms with E-state index in [4.69, 9.17) is 14.4 Å². The van der Waals surface area contributed by atoms with Crippen LogP contribution in [0.4, 0.5) is 0 Å². The van der Waals surface area contributed by atoms with E-state index in [9.17, 15) is 4.79 Å². The lowest BCUT2D eigenvalue weighted by Gasteiger charge is -2.30. The first-order valence-corrected chi connectivity index (χ1v) is 11.7. The maximum absolute atomic E-state index is 11.9. The van der Waals surface area contributed by atoms with E-state index >= 15 is 0 Å². The van der Waals surface area contributed by atoms with Gasteiger partial charge in [-0.25, -0.2) is 4.79 Å². The van der Waals surface area contributed by atoms with E-state index in [1.807, 2.05) is 18.2 Å². The lowest BCUT2D eigenvalue weighted by Crippen LogP contribution is -2.24. The van der Waals surface area contributed by atoms with Gasteiger partial charge in [-0.2, -0.15) is 10.1 Å².